The van der Waals surface area contributed by atoms with Gasteiger partial charge in [-0.05, 0) is 65.7 Å². The summed E-state index contributed by atoms with van der Waals surface area (Å²) in [5, 5.41) is 5.23. The third kappa shape index (κ3) is 5.88. The molecule has 9 heteroatoms. The van der Waals surface area contributed by atoms with Gasteiger partial charge < -0.3 is 10.1 Å². The molecule has 1 amide bonds. The highest BCUT2D eigenvalue weighted by Crippen LogP contribution is 2.31. The molecule has 180 valence electrons. The molecule has 4 aromatic rings. The lowest BCUT2D eigenvalue weighted by Gasteiger charge is -2.18. The lowest BCUT2D eigenvalue weighted by atomic mass is 10.1. The highest BCUT2D eigenvalue weighted by atomic mass is 35.5. The van der Waals surface area contributed by atoms with Crippen LogP contribution in [0.4, 0.5) is 11.4 Å². The summed E-state index contributed by atoms with van der Waals surface area (Å²) in [6, 6.07) is 24.0. The average molecular weight is 529 g/mol. The maximum atomic E-state index is 12.8. The zero-order chi connectivity index (χ0) is 25.0. The number of halogens is 2. The van der Waals surface area contributed by atoms with Gasteiger partial charge in [0.1, 0.15) is 5.75 Å². The lowest BCUT2D eigenvalue weighted by molar-refractivity contribution is -0.122. The number of sulfonamides is 1. The first-order valence-corrected chi connectivity index (χ1v) is 13.0. The van der Waals surface area contributed by atoms with Gasteiger partial charge >= 0.3 is 0 Å². The van der Waals surface area contributed by atoms with Crippen molar-refractivity contribution in [3.63, 3.8) is 0 Å². The van der Waals surface area contributed by atoms with Gasteiger partial charge in [-0.25, -0.2) is 8.42 Å². The van der Waals surface area contributed by atoms with Crippen molar-refractivity contribution >= 4 is 61.3 Å². The second-order valence-corrected chi connectivity index (χ2v) is 10.2. The van der Waals surface area contributed by atoms with E-state index in [1.807, 2.05) is 49.4 Å². The summed E-state index contributed by atoms with van der Waals surface area (Å²) in [4.78, 5) is 12.8. The Labute approximate surface area is 213 Å². The summed E-state index contributed by atoms with van der Waals surface area (Å²) in [7, 11) is -3.91. The van der Waals surface area contributed by atoms with Crippen molar-refractivity contribution in [3.8, 4) is 5.75 Å². The van der Waals surface area contributed by atoms with E-state index in [1.54, 1.807) is 12.1 Å². The van der Waals surface area contributed by atoms with Crippen LogP contribution in [0.15, 0.2) is 89.8 Å². The minimum atomic E-state index is -3.91. The molecule has 0 aliphatic rings. The Hall–Kier alpha value is -3.26. The highest BCUT2D eigenvalue weighted by Gasteiger charge is 2.20. The number of fused-ring (bicyclic) bond motifs is 1. The van der Waals surface area contributed by atoms with Crippen LogP contribution >= 0.6 is 23.2 Å². The molecule has 0 saturated carbocycles. The van der Waals surface area contributed by atoms with Gasteiger partial charge in [0.15, 0.2) is 6.10 Å². The zero-order valence-electron chi connectivity index (χ0n) is 18.7. The monoisotopic (exact) mass is 528 g/mol. The van der Waals surface area contributed by atoms with Crippen molar-refractivity contribution < 1.29 is 17.9 Å². The fourth-order valence-electron chi connectivity index (χ4n) is 3.45. The molecule has 0 spiro atoms. The van der Waals surface area contributed by atoms with Crippen molar-refractivity contribution in [2.75, 3.05) is 10.0 Å². The Bertz CT molecular complexity index is 1470. The summed E-state index contributed by atoms with van der Waals surface area (Å²) >= 11 is 12.0. The third-order valence-electron chi connectivity index (χ3n) is 5.29. The van der Waals surface area contributed by atoms with E-state index in [0.29, 0.717) is 17.9 Å². The number of carbonyl (C=O) groups is 1. The maximum Gasteiger partial charge on any atom is 0.265 e. The number of amides is 1. The quantitative estimate of drug-likeness (QED) is 0.265. The van der Waals surface area contributed by atoms with Gasteiger partial charge in [0.25, 0.3) is 15.9 Å². The second-order valence-electron chi connectivity index (χ2n) is 7.74. The van der Waals surface area contributed by atoms with E-state index in [-0.39, 0.29) is 26.5 Å². The van der Waals surface area contributed by atoms with Crippen molar-refractivity contribution in [2.45, 2.75) is 24.3 Å². The van der Waals surface area contributed by atoms with E-state index >= 15 is 0 Å². The van der Waals surface area contributed by atoms with Crippen LogP contribution in [0, 0.1) is 0 Å². The summed E-state index contributed by atoms with van der Waals surface area (Å²) in [5.41, 5.74) is 0.614. The fraction of sp³-hybridized carbons (Fsp3) is 0.115. The predicted molar refractivity (Wildman–Crippen MR) is 141 cm³/mol. The molecule has 6 nitrogen and oxygen atoms in total. The molecule has 0 saturated heterocycles. The van der Waals surface area contributed by atoms with Gasteiger partial charge in [-0.15, -0.1) is 0 Å². The van der Waals surface area contributed by atoms with Gasteiger partial charge in [-0.3, -0.25) is 9.52 Å². The van der Waals surface area contributed by atoms with E-state index in [9.17, 15) is 13.2 Å². The minimum absolute atomic E-state index is 0.00555. The molecule has 0 aromatic heterocycles. The highest BCUT2D eigenvalue weighted by molar-refractivity contribution is 7.92. The van der Waals surface area contributed by atoms with Crippen molar-refractivity contribution in [2.24, 2.45) is 0 Å². The summed E-state index contributed by atoms with van der Waals surface area (Å²) < 4.78 is 33.8. The van der Waals surface area contributed by atoms with Crippen molar-refractivity contribution in [1.29, 1.82) is 0 Å². The van der Waals surface area contributed by atoms with Crippen LogP contribution < -0.4 is 14.8 Å². The molecule has 0 aliphatic heterocycles. The Balaban J connectivity index is 1.43. The van der Waals surface area contributed by atoms with Crippen LogP contribution in [0.1, 0.15) is 13.3 Å². The van der Waals surface area contributed by atoms with E-state index in [1.165, 1.54) is 30.3 Å². The minimum Gasteiger partial charge on any atom is -0.481 e. The molecular formula is C26H22Cl2N2O4S. The summed E-state index contributed by atoms with van der Waals surface area (Å²) in [6.45, 7) is 1.85. The normalized spacial score (nSPS) is 12.2. The zero-order valence-corrected chi connectivity index (χ0v) is 21.0. The van der Waals surface area contributed by atoms with E-state index in [0.717, 1.165) is 10.8 Å². The Morgan fingerprint density at radius 2 is 1.63 bits per heavy atom. The fourth-order valence-corrected chi connectivity index (χ4v) is 4.93. The van der Waals surface area contributed by atoms with Crippen LogP contribution in [-0.2, 0) is 14.8 Å². The first-order valence-electron chi connectivity index (χ1n) is 10.8. The molecule has 35 heavy (non-hydrogen) atoms. The largest absolute Gasteiger partial charge is 0.481 e. The molecule has 0 bridgehead atoms. The Morgan fingerprint density at radius 3 is 2.34 bits per heavy atom. The first-order chi connectivity index (χ1) is 16.8. The molecular weight excluding hydrogens is 507 g/mol. The molecule has 0 heterocycles. The van der Waals surface area contributed by atoms with Crippen LogP contribution in [0.5, 0.6) is 5.75 Å². The van der Waals surface area contributed by atoms with Gasteiger partial charge in [-0.2, -0.15) is 0 Å². The smallest absolute Gasteiger partial charge is 0.265 e. The number of ether oxygens (including phenoxy) is 1. The standard InChI is InChI=1S/C26H22Cl2N2O4S/c1-2-24(34-20-13-10-17-6-3-4-7-18(17)16-20)26(31)29-19-11-14-21(15-12-19)35(32,33)30-23-9-5-8-22(27)25(23)28/h3-16,24,30H,2H2,1H3,(H,29,31)/t24-/m0/s1. The van der Waals surface area contributed by atoms with Gasteiger partial charge in [0, 0.05) is 5.69 Å². The number of hydrogen-bond donors (Lipinski definition) is 2. The van der Waals surface area contributed by atoms with Gasteiger partial charge in [-0.1, -0.05) is 66.5 Å². The number of carbonyl (C=O) groups excluding carboxylic acids is 1. The molecule has 0 aliphatic carbocycles. The Morgan fingerprint density at radius 1 is 0.914 bits per heavy atom. The van der Waals surface area contributed by atoms with Gasteiger partial charge in [0.05, 0.1) is 20.6 Å². The lowest BCUT2D eigenvalue weighted by Crippen LogP contribution is -2.32. The van der Waals surface area contributed by atoms with Crippen molar-refractivity contribution in [3.05, 3.63) is 95.0 Å². The van der Waals surface area contributed by atoms with Crippen molar-refractivity contribution in [1.82, 2.24) is 0 Å². The van der Waals surface area contributed by atoms with Crippen LogP contribution in [-0.4, -0.2) is 20.4 Å². The summed E-state index contributed by atoms with van der Waals surface area (Å²) in [6.07, 6.45) is -0.263. The number of hydrogen-bond acceptors (Lipinski definition) is 4. The molecule has 0 fully saturated rings. The Kier molecular flexibility index (Phi) is 7.50. The number of rotatable bonds is 8. The van der Waals surface area contributed by atoms with Crippen LogP contribution in [0.25, 0.3) is 10.8 Å². The molecule has 4 rings (SSSR count). The summed E-state index contributed by atoms with van der Waals surface area (Å²) in [5.74, 6) is 0.262. The SMILES string of the molecule is CC[C@H](Oc1ccc2ccccc2c1)C(=O)Nc1ccc(S(=O)(=O)Nc2cccc(Cl)c2Cl)cc1. The maximum absolute atomic E-state index is 12.8. The van der Waals surface area contributed by atoms with Crippen LogP contribution in [0.3, 0.4) is 0 Å². The second kappa shape index (κ2) is 10.6. The van der Waals surface area contributed by atoms with Crippen LogP contribution in [0.2, 0.25) is 10.0 Å². The molecule has 2 N–H and O–H groups in total. The predicted octanol–water partition coefficient (Wildman–Crippen LogP) is 6.74. The molecule has 4 aromatic carbocycles. The number of nitrogens with one attached hydrogen (secondary N) is 2. The molecule has 0 radical (unpaired) electrons. The molecule has 0 unspecified atom stereocenters. The van der Waals surface area contributed by atoms with Gasteiger partial charge in [0.2, 0.25) is 0 Å². The van der Waals surface area contributed by atoms with E-state index in [2.05, 4.69) is 10.0 Å². The third-order valence-corrected chi connectivity index (χ3v) is 7.49. The topological polar surface area (TPSA) is 84.5 Å². The number of benzene rings is 4. The average Bonchev–Trinajstić information content (AvgIpc) is 2.85. The molecule has 1 atom stereocenters. The van der Waals surface area contributed by atoms with E-state index in [4.69, 9.17) is 27.9 Å². The van der Waals surface area contributed by atoms with E-state index < -0.39 is 16.1 Å². The number of anilines is 2. The first kappa shape index (κ1) is 24.9.